The smallest absolute Gasteiger partial charge is 0.259 e. The van der Waals surface area contributed by atoms with Gasteiger partial charge in [0.15, 0.2) is 0 Å². The highest BCUT2D eigenvalue weighted by Crippen LogP contribution is 2.41. The van der Waals surface area contributed by atoms with E-state index in [4.69, 9.17) is 15.1 Å². The van der Waals surface area contributed by atoms with Crippen LogP contribution in [-0.2, 0) is 0 Å². The van der Waals surface area contributed by atoms with Gasteiger partial charge in [0, 0.05) is 10.8 Å². The normalized spacial score (nSPS) is 15.1. The molecule has 1 saturated carbocycles. The van der Waals surface area contributed by atoms with Crippen molar-refractivity contribution in [1.29, 1.82) is 0 Å². The zero-order valence-corrected chi connectivity index (χ0v) is 18.1. The van der Waals surface area contributed by atoms with Gasteiger partial charge in [0.25, 0.3) is 5.56 Å². The van der Waals surface area contributed by atoms with Crippen LogP contribution in [0.15, 0.2) is 40.3 Å². The molecule has 0 aliphatic heterocycles. The van der Waals surface area contributed by atoms with Crippen LogP contribution in [0.4, 0.5) is 0 Å². The zero-order valence-electron chi connectivity index (χ0n) is 16.5. The summed E-state index contributed by atoms with van der Waals surface area (Å²) >= 11 is 3.10. The van der Waals surface area contributed by atoms with Crippen molar-refractivity contribution in [2.45, 2.75) is 49.9 Å². The zero-order chi connectivity index (χ0) is 20.1. The predicted octanol–water partition coefficient (Wildman–Crippen LogP) is 4.91. The summed E-state index contributed by atoms with van der Waals surface area (Å²) in [6.45, 7) is 6.03. The fourth-order valence-corrected chi connectivity index (χ4v) is 5.25. The molecule has 29 heavy (non-hydrogen) atoms. The van der Waals surface area contributed by atoms with Crippen molar-refractivity contribution in [1.82, 2.24) is 24.7 Å². The van der Waals surface area contributed by atoms with Gasteiger partial charge in [0.05, 0.1) is 16.3 Å². The first kappa shape index (κ1) is 18.6. The second-order valence-electron chi connectivity index (χ2n) is 7.45. The monoisotopic (exact) mass is 423 g/mol. The number of rotatable bonds is 5. The molecule has 0 amide bonds. The summed E-state index contributed by atoms with van der Waals surface area (Å²) in [7, 11) is 0. The van der Waals surface area contributed by atoms with Crippen molar-refractivity contribution < 1.29 is 0 Å². The average Bonchev–Trinajstić information content (AvgIpc) is 3.41. The first-order valence-electron chi connectivity index (χ1n) is 9.70. The SMILES string of the molecule is Cc1sc2nc([C@@H](C)Sc3nc(C4CC4)n(-c4ccccc4)n3)[nH]c(=O)c2c1C. The molecule has 1 atom stereocenters. The standard InChI is InChI=1S/C21H21N5OS2/c1-11-12(2)28-20-16(11)19(27)22-17(23-20)13(3)29-21-24-18(14-9-10-14)26(25-21)15-7-5-4-6-8-15/h4-8,13-14H,9-10H2,1-3H3,(H,22,23,27)/t13-/m1/s1. The molecule has 0 saturated heterocycles. The van der Waals surface area contributed by atoms with E-state index < -0.39 is 0 Å². The molecule has 148 valence electrons. The maximum Gasteiger partial charge on any atom is 0.259 e. The molecule has 1 aliphatic carbocycles. The van der Waals surface area contributed by atoms with Gasteiger partial charge in [0.1, 0.15) is 16.5 Å². The molecule has 4 aromatic rings. The van der Waals surface area contributed by atoms with Crippen molar-refractivity contribution in [3.05, 3.63) is 62.8 Å². The van der Waals surface area contributed by atoms with E-state index in [9.17, 15) is 4.79 Å². The Kier molecular flexibility index (Phi) is 4.55. The van der Waals surface area contributed by atoms with E-state index in [2.05, 4.69) is 4.98 Å². The number of fused-ring (bicyclic) bond motifs is 1. The van der Waals surface area contributed by atoms with E-state index in [0.717, 1.165) is 39.6 Å². The first-order chi connectivity index (χ1) is 14.0. The Balaban J connectivity index is 1.47. The molecule has 3 aromatic heterocycles. The number of H-pyrrole nitrogens is 1. The molecule has 0 radical (unpaired) electrons. The Morgan fingerprint density at radius 2 is 1.97 bits per heavy atom. The van der Waals surface area contributed by atoms with Crippen LogP contribution in [-0.4, -0.2) is 24.7 Å². The molecule has 6 nitrogen and oxygen atoms in total. The highest BCUT2D eigenvalue weighted by Gasteiger charge is 2.31. The summed E-state index contributed by atoms with van der Waals surface area (Å²) in [5, 5.41) is 6.12. The molecule has 1 fully saturated rings. The number of thioether (sulfide) groups is 1. The topological polar surface area (TPSA) is 76.5 Å². The maximum absolute atomic E-state index is 12.6. The minimum absolute atomic E-state index is 0.0616. The Bertz CT molecular complexity index is 1250. The van der Waals surface area contributed by atoms with Crippen molar-refractivity contribution in [3.63, 3.8) is 0 Å². The molecule has 0 unspecified atom stereocenters. The highest BCUT2D eigenvalue weighted by atomic mass is 32.2. The minimum Gasteiger partial charge on any atom is -0.309 e. The van der Waals surface area contributed by atoms with Crippen molar-refractivity contribution in [2.75, 3.05) is 0 Å². The number of aromatic amines is 1. The molecule has 3 heterocycles. The molecular weight excluding hydrogens is 402 g/mol. The predicted molar refractivity (Wildman–Crippen MR) is 117 cm³/mol. The number of aromatic nitrogens is 5. The van der Waals surface area contributed by atoms with Gasteiger partial charge in [-0.2, -0.15) is 0 Å². The molecule has 0 bridgehead atoms. The summed E-state index contributed by atoms with van der Waals surface area (Å²) < 4.78 is 1.96. The van der Waals surface area contributed by atoms with E-state index in [1.54, 1.807) is 11.3 Å². The van der Waals surface area contributed by atoms with E-state index in [1.165, 1.54) is 11.8 Å². The van der Waals surface area contributed by atoms with Crippen LogP contribution in [0, 0.1) is 13.8 Å². The lowest BCUT2D eigenvalue weighted by Crippen LogP contribution is -2.12. The summed E-state index contributed by atoms with van der Waals surface area (Å²) in [6.07, 6.45) is 2.32. The van der Waals surface area contributed by atoms with Crippen LogP contribution in [0.1, 0.15) is 53.0 Å². The number of aryl methyl sites for hydroxylation is 2. The van der Waals surface area contributed by atoms with E-state index >= 15 is 0 Å². The van der Waals surface area contributed by atoms with Gasteiger partial charge < -0.3 is 4.98 Å². The van der Waals surface area contributed by atoms with Crippen LogP contribution in [0.25, 0.3) is 15.9 Å². The van der Waals surface area contributed by atoms with Crippen molar-refractivity contribution in [3.8, 4) is 5.69 Å². The third-order valence-corrected chi connectivity index (χ3v) is 7.34. The number of nitrogens with zero attached hydrogens (tertiary/aromatic N) is 4. The van der Waals surface area contributed by atoms with Gasteiger partial charge in [-0.3, -0.25) is 4.79 Å². The largest absolute Gasteiger partial charge is 0.309 e. The van der Waals surface area contributed by atoms with Gasteiger partial charge in [-0.15, -0.1) is 16.4 Å². The Labute approximate surface area is 176 Å². The van der Waals surface area contributed by atoms with Crippen LogP contribution in [0.3, 0.4) is 0 Å². The minimum atomic E-state index is -0.0688. The van der Waals surface area contributed by atoms with Gasteiger partial charge in [-0.05, 0) is 51.3 Å². The van der Waals surface area contributed by atoms with Gasteiger partial charge in [-0.25, -0.2) is 14.6 Å². The number of hydrogen-bond donors (Lipinski definition) is 1. The Morgan fingerprint density at radius 1 is 1.21 bits per heavy atom. The van der Waals surface area contributed by atoms with Gasteiger partial charge in [-0.1, -0.05) is 30.0 Å². The number of thiophene rings is 1. The number of benzene rings is 1. The molecule has 1 aliphatic rings. The molecular formula is C21H21N5OS2. The van der Waals surface area contributed by atoms with Crippen LogP contribution in [0.5, 0.6) is 0 Å². The summed E-state index contributed by atoms with van der Waals surface area (Å²) in [5.41, 5.74) is 1.97. The number of nitrogens with one attached hydrogen (secondary N) is 1. The van der Waals surface area contributed by atoms with Crippen LogP contribution < -0.4 is 5.56 Å². The summed E-state index contributed by atoms with van der Waals surface area (Å²) in [6, 6.07) is 10.1. The lowest BCUT2D eigenvalue weighted by Gasteiger charge is -2.08. The van der Waals surface area contributed by atoms with Gasteiger partial charge in [0.2, 0.25) is 5.16 Å². The molecule has 5 rings (SSSR count). The Morgan fingerprint density at radius 3 is 2.69 bits per heavy atom. The van der Waals surface area contributed by atoms with E-state index in [-0.39, 0.29) is 10.8 Å². The second kappa shape index (κ2) is 7.11. The Hall–Kier alpha value is -2.45. The third kappa shape index (κ3) is 3.40. The maximum atomic E-state index is 12.6. The molecule has 1 aromatic carbocycles. The van der Waals surface area contributed by atoms with E-state index in [0.29, 0.717) is 22.3 Å². The van der Waals surface area contributed by atoms with Crippen LogP contribution >= 0.6 is 23.1 Å². The third-order valence-electron chi connectivity index (χ3n) is 5.28. The first-order valence-corrected chi connectivity index (χ1v) is 11.4. The quantitative estimate of drug-likeness (QED) is 0.462. The lowest BCUT2D eigenvalue weighted by atomic mass is 10.2. The fourth-order valence-electron chi connectivity index (χ4n) is 3.40. The van der Waals surface area contributed by atoms with Crippen LogP contribution in [0.2, 0.25) is 0 Å². The second-order valence-corrected chi connectivity index (χ2v) is 9.96. The van der Waals surface area contributed by atoms with E-state index in [1.807, 2.05) is 55.8 Å². The molecule has 1 N–H and O–H groups in total. The molecule has 0 spiro atoms. The number of hydrogen-bond acceptors (Lipinski definition) is 6. The molecule has 8 heteroatoms. The van der Waals surface area contributed by atoms with Crippen molar-refractivity contribution >= 4 is 33.3 Å². The summed E-state index contributed by atoms with van der Waals surface area (Å²) in [4.78, 5) is 27.0. The number of para-hydroxylation sites is 1. The van der Waals surface area contributed by atoms with Crippen molar-refractivity contribution in [2.24, 2.45) is 0 Å². The summed E-state index contributed by atoms with van der Waals surface area (Å²) in [5.74, 6) is 2.17. The average molecular weight is 424 g/mol. The van der Waals surface area contributed by atoms with Gasteiger partial charge >= 0.3 is 0 Å². The fraction of sp³-hybridized carbons (Fsp3) is 0.333. The highest BCUT2D eigenvalue weighted by molar-refractivity contribution is 7.99. The lowest BCUT2D eigenvalue weighted by molar-refractivity contribution is 0.781.